The molecule has 0 fully saturated rings. The third-order valence-corrected chi connectivity index (χ3v) is 5.86. The first kappa shape index (κ1) is 23.5. The van der Waals surface area contributed by atoms with Gasteiger partial charge in [0.25, 0.3) is 5.91 Å². The van der Waals surface area contributed by atoms with E-state index < -0.39 is 0 Å². The molecule has 1 amide bonds. The van der Waals surface area contributed by atoms with Crippen LogP contribution in [-0.4, -0.2) is 44.2 Å². The summed E-state index contributed by atoms with van der Waals surface area (Å²) in [6.45, 7) is 2.52. The Hall–Kier alpha value is -3.69. The van der Waals surface area contributed by atoms with Crippen molar-refractivity contribution in [2.45, 2.75) is 12.1 Å². The highest BCUT2D eigenvalue weighted by Crippen LogP contribution is 2.28. The van der Waals surface area contributed by atoms with Gasteiger partial charge in [0.05, 0.1) is 18.6 Å². The highest BCUT2D eigenvalue weighted by Gasteiger charge is 2.17. The molecule has 0 unspecified atom stereocenters. The smallest absolute Gasteiger partial charge is 0.250 e. The largest absolute Gasteiger partial charge is 0.494 e. The van der Waals surface area contributed by atoms with E-state index in [-0.39, 0.29) is 11.7 Å². The number of hydrogen-bond acceptors (Lipinski definition) is 7. The van der Waals surface area contributed by atoms with Crippen molar-refractivity contribution in [1.82, 2.24) is 25.2 Å². The Bertz CT molecular complexity index is 1280. The van der Waals surface area contributed by atoms with Gasteiger partial charge in [-0.15, -0.1) is 10.2 Å². The first-order valence-electron chi connectivity index (χ1n) is 10.4. The summed E-state index contributed by atoms with van der Waals surface area (Å²) in [5.74, 6) is 1.21. The van der Waals surface area contributed by atoms with Gasteiger partial charge in [-0.2, -0.15) is 5.10 Å². The normalized spacial score (nSPS) is 11.0. The number of nitrogens with zero attached hydrogens (tertiary/aromatic N) is 5. The Morgan fingerprint density at radius 1 is 1.15 bits per heavy atom. The van der Waals surface area contributed by atoms with Crippen molar-refractivity contribution in [3.05, 3.63) is 83.6 Å². The first-order chi connectivity index (χ1) is 16.7. The maximum atomic E-state index is 12.4. The average Bonchev–Trinajstić information content (AvgIpc) is 3.29. The summed E-state index contributed by atoms with van der Waals surface area (Å²) in [5, 5.41) is 13.8. The molecule has 4 aromatic rings. The Balaban J connectivity index is 1.51. The number of rotatable bonds is 9. The van der Waals surface area contributed by atoms with Gasteiger partial charge in [0.15, 0.2) is 11.0 Å². The lowest BCUT2D eigenvalue weighted by atomic mass is 10.2. The molecule has 0 radical (unpaired) electrons. The Labute approximate surface area is 206 Å². The third kappa shape index (κ3) is 5.81. The van der Waals surface area contributed by atoms with Gasteiger partial charge in [0, 0.05) is 34.2 Å². The second kappa shape index (κ2) is 11.4. The van der Waals surface area contributed by atoms with Crippen LogP contribution < -0.4 is 10.2 Å². The summed E-state index contributed by atoms with van der Waals surface area (Å²) in [7, 11) is 0. The van der Waals surface area contributed by atoms with E-state index in [0.29, 0.717) is 28.2 Å². The van der Waals surface area contributed by atoms with Crippen LogP contribution in [0, 0.1) is 0 Å². The van der Waals surface area contributed by atoms with E-state index >= 15 is 0 Å². The molecule has 2 aromatic carbocycles. The standard InChI is InChI=1S/C24H21ClN6O2S/c1-2-33-20-11-9-19(10-12-20)31-23(18-7-5-13-26-14-18)29-30-24(31)34-16-22(32)28-27-15-17-6-3-4-8-21(17)25/h3-15H,2,16H2,1H3,(H,28,32). The third-order valence-electron chi connectivity index (χ3n) is 4.59. The summed E-state index contributed by atoms with van der Waals surface area (Å²) in [5.41, 5.74) is 4.88. The molecule has 0 saturated heterocycles. The molecule has 172 valence electrons. The van der Waals surface area contributed by atoms with Crippen molar-refractivity contribution in [3.8, 4) is 22.8 Å². The van der Waals surface area contributed by atoms with Crippen LogP contribution in [0.25, 0.3) is 17.1 Å². The first-order valence-corrected chi connectivity index (χ1v) is 11.8. The number of aromatic nitrogens is 4. The summed E-state index contributed by atoms with van der Waals surface area (Å²) in [6, 6.07) is 18.6. The lowest BCUT2D eigenvalue weighted by Crippen LogP contribution is -2.20. The predicted octanol–water partition coefficient (Wildman–Crippen LogP) is 4.62. The minimum atomic E-state index is -0.280. The van der Waals surface area contributed by atoms with E-state index in [1.54, 1.807) is 18.5 Å². The quantitative estimate of drug-likeness (QED) is 0.208. The Kier molecular flexibility index (Phi) is 7.90. The van der Waals surface area contributed by atoms with Gasteiger partial charge in [-0.25, -0.2) is 5.43 Å². The van der Waals surface area contributed by atoms with Crippen LogP contribution >= 0.6 is 23.4 Å². The fraction of sp³-hybridized carbons (Fsp3) is 0.125. The van der Waals surface area contributed by atoms with Crippen LogP contribution in [0.1, 0.15) is 12.5 Å². The average molecular weight is 493 g/mol. The number of nitrogens with one attached hydrogen (secondary N) is 1. The minimum absolute atomic E-state index is 0.0993. The molecule has 2 aromatic heterocycles. The zero-order valence-electron chi connectivity index (χ0n) is 18.3. The number of halogens is 1. The maximum Gasteiger partial charge on any atom is 0.250 e. The number of benzene rings is 2. The molecule has 1 N–H and O–H groups in total. The van der Waals surface area contributed by atoms with E-state index in [1.807, 2.05) is 66.1 Å². The molecule has 0 aliphatic heterocycles. The molecule has 0 saturated carbocycles. The zero-order valence-corrected chi connectivity index (χ0v) is 19.8. The second-order valence-corrected chi connectivity index (χ2v) is 8.26. The fourth-order valence-electron chi connectivity index (χ4n) is 3.05. The Morgan fingerprint density at radius 2 is 1.97 bits per heavy atom. The van der Waals surface area contributed by atoms with Crippen molar-refractivity contribution >= 4 is 35.5 Å². The van der Waals surface area contributed by atoms with E-state index in [9.17, 15) is 4.79 Å². The topological polar surface area (TPSA) is 94.3 Å². The van der Waals surface area contributed by atoms with Crippen LogP contribution in [-0.2, 0) is 4.79 Å². The number of pyridine rings is 1. The summed E-state index contributed by atoms with van der Waals surface area (Å²) in [6.07, 6.45) is 4.93. The van der Waals surface area contributed by atoms with Gasteiger partial charge in [-0.1, -0.05) is 41.6 Å². The number of hydrazone groups is 1. The van der Waals surface area contributed by atoms with Gasteiger partial charge in [0.2, 0.25) is 0 Å². The SMILES string of the molecule is CCOc1ccc(-n2c(SCC(=O)NN=Cc3ccccc3Cl)nnc2-c2cccnc2)cc1. The van der Waals surface area contributed by atoms with E-state index in [4.69, 9.17) is 16.3 Å². The van der Waals surface area contributed by atoms with Crippen molar-refractivity contribution < 1.29 is 9.53 Å². The van der Waals surface area contributed by atoms with Crippen LogP contribution in [0.3, 0.4) is 0 Å². The molecule has 8 nitrogen and oxygen atoms in total. The highest BCUT2D eigenvalue weighted by molar-refractivity contribution is 7.99. The number of carbonyl (C=O) groups excluding carboxylic acids is 1. The van der Waals surface area contributed by atoms with Gasteiger partial charge >= 0.3 is 0 Å². The number of hydrogen-bond donors (Lipinski definition) is 1. The molecule has 0 aliphatic rings. The monoisotopic (exact) mass is 492 g/mol. The summed E-state index contributed by atoms with van der Waals surface area (Å²) in [4.78, 5) is 16.6. The van der Waals surface area contributed by atoms with Crippen LogP contribution in [0.15, 0.2) is 83.3 Å². The lowest BCUT2D eigenvalue weighted by Gasteiger charge is -2.11. The molecular formula is C24H21ClN6O2S. The molecule has 0 bridgehead atoms. The van der Waals surface area contributed by atoms with Crippen LogP contribution in [0.5, 0.6) is 5.75 Å². The van der Waals surface area contributed by atoms with Crippen molar-refractivity contribution in [3.63, 3.8) is 0 Å². The fourth-order valence-corrected chi connectivity index (χ4v) is 3.98. The number of ether oxygens (including phenoxy) is 1. The maximum absolute atomic E-state index is 12.4. The molecule has 0 atom stereocenters. The van der Waals surface area contributed by atoms with E-state index in [1.165, 1.54) is 18.0 Å². The van der Waals surface area contributed by atoms with Gasteiger partial charge < -0.3 is 4.74 Å². The van der Waals surface area contributed by atoms with Gasteiger partial charge in [-0.3, -0.25) is 14.3 Å². The summed E-state index contributed by atoms with van der Waals surface area (Å²) >= 11 is 7.35. The predicted molar refractivity (Wildman–Crippen MR) is 134 cm³/mol. The molecule has 0 aliphatic carbocycles. The van der Waals surface area contributed by atoms with Crippen molar-refractivity contribution in [1.29, 1.82) is 0 Å². The molecule has 34 heavy (non-hydrogen) atoms. The molecular weight excluding hydrogens is 472 g/mol. The van der Waals surface area contributed by atoms with Gasteiger partial charge in [0.1, 0.15) is 5.75 Å². The second-order valence-electron chi connectivity index (χ2n) is 6.91. The van der Waals surface area contributed by atoms with Crippen molar-refractivity contribution in [2.75, 3.05) is 12.4 Å². The highest BCUT2D eigenvalue weighted by atomic mass is 35.5. The zero-order chi connectivity index (χ0) is 23.8. The molecule has 10 heteroatoms. The Morgan fingerprint density at radius 3 is 2.71 bits per heavy atom. The minimum Gasteiger partial charge on any atom is -0.494 e. The van der Waals surface area contributed by atoms with Crippen LogP contribution in [0.2, 0.25) is 5.02 Å². The van der Waals surface area contributed by atoms with E-state index in [2.05, 4.69) is 25.7 Å². The van der Waals surface area contributed by atoms with Crippen LogP contribution in [0.4, 0.5) is 0 Å². The number of thioether (sulfide) groups is 1. The van der Waals surface area contributed by atoms with Crippen molar-refractivity contribution in [2.24, 2.45) is 5.10 Å². The molecule has 2 heterocycles. The lowest BCUT2D eigenvalue weighted by molar-refractivity contribution is -0.118. The number of carbonyl (C=O) groups is 1. The molecule has 0 spiro atoms. The number of amides is 1. The van der Waals surface area contributed by atoms with Gasteiger partial charge in [-0.05, 0) is 49.4 Å². The summed E-state index contributed by atoms with van der Waals surface area (Å²) < 4.78 is 7.44. The van der Waals surface area contributed by atoms with E-state index in [0.717, 1.165) is 17.0 Å². The molecule has 4 rings (SSSR count).